The molecule has 3 nitrogen and oxygen atoms in total. The zero-order valence-corrected chi connectivity index (χ0v) is 17.7. The Balaban J connectivity index is 1.80. The Morgan fingerprint density at radius 1 is 0.576 bits per heavy atom. The van der Waals surface area contributed by atoms with Crippen LogP contribution in [0.15, 0.2) is 108 Å². The summed E-state index contributed by atoms with van der Waals surface area (Å²) in [6, 6.07) is 36.2. The fourth-order valence-electron chi connectivity index (χ4n) is 5.60. The lowest BCUT2D eigenvalue weighted by Crippen LogP contribution is -1.93. The summed E-state index contributed by atoms with van der Waals surface area (Å²) in [5.74, 6) is 0. The van der Waals surface area contributed by atoms with E-state index in [0.717, 1.165) is 44.0 Å². The molecule has 3 heteroatoms. The van der Waals surface area contributed by atoms with E-state index in [9.17, 15) is 0 Å². The highest BCUT2D eigenvalue weighted by atomic mass is 16.3. The lowest BCUT2D eigenvalue weighted by Gasteiger charge is -2.09. The molecule has 0 saturated carbocycles. The average Bonchev–Trinajstić information content (AvgIpc) is 3.53. The van der Waals surface area contributed by atoms with Gasteiger partial charge >= 0.3 is 0 Å². The number of furan rings is 1. The van der Waals surface area contributed by atoms with Crippen molar-refractivity contribution in [2.75, 3.05) is 0 Å². The van der Waals surface area contributed by atoms with E-state index in [1.807, 2.05) is 6.07 Å². The third-order valence-electron chi connectivity index (χ3n) is 6.90. The van der Waals surface area contributed by atoms with Crippen LogP contribution in [-0.2, 0) is 0 Å². The van der Waals surface area contributed by atoms with E-state index in [1.165, 1.54) is 27.2 Å². The first-order valence-electron chi connectivity index (χ1n) is 11.2. The van der Waals surface area contributed by atoms with Gasteiger partial charge < -0.3 is 14.0 Å². The second-order valence-corrected chi connectivity index (χ2v) is 8.63. The molecule has 0 atom stereocenters. The van der Waals surface area contributed by atoms with Gasteiger partial charge in [0.2, 0.25) is 0 Å². The zero-order chi connectivity index (χ0) is 21.5. The molecule has 154 valence electrons. The first kappa shape index (κ1) is 17.1. The summed E-state index contributed by atoms with van der Waals surface area (Å²) >= 11 is 0. The molecule has 0 aliphatic rings. The number of hydrogen-bond donors (Lipinski definition) is 1. The van der Waals surface area contributed by atoms with E-state index in [0.29, 0.717) is 0 Å². The van der Waals surface area contributed by atoms with Crippen LogP contribution in [0.4, 0.5) is 0 Å². The molecule has 0 saturated heterocycles. The van der Waals surface area contributed by atoms with Crippen molar-refractivity contribution in [3.05, 3.63) is 103 Å². The van der Waals surface area contributed by atoms with Gasteiger partial charge in [0, 0.05) is 32.7 Å². The first-order valence-corrected chi connectivity index (χ1v) is 11.2. The maximum atomic E-state index is 6.59. The van der Waals surface area contributed by atoms with Crippen LogP contribution in [-0.4, -0.2) is 9.55 Å². The average molecular weight is 422 g/mol. The molecule has 0 radical (unpaired) electrons. The van der Waals surface area contributed by atoms with Crippen LogP contribution in [0.2, 0.25) is 0 Å². The van der Waals surface area contributed by atoms with Crippen molar-refractivity contribution < 1.29 is 4.42 Å². The number of H-pyrrole nitrogens is 1. The molecular weight excluding hydrogens is 404 g/mol. The quantitative estimate of drug-likeness (QED) is 0.283. The Labute approximate surface area is 188 Å². The van der Waals surface area contributed by atoms with Crippen molar-refractivity contribution in [1.29, 1.82) is 0 Å². The lowest BCUT2D eigenvalue weighted by atomic mass is 10.0. The number of hydrogen-bond acceptors (Lipinski definition) is 1. The molecule has 0 fully saturated rings. The summed E-state index contributed by atoms with van der Waals surface area (Å²) in [5, 5.41) is 7.12. The van der Waals surface area contributed by atoms with Gasteiger partial charge in [-0.1, -0.05) is 72.8 Å². The number of aromatic amines is 1. The number of rotatable bonds is 1. The van der Waals surface area contributed by atoms with Crippen molar-refractivity contribution in [2.24, 2.45) is 0 Å². The van der Waals surface area contributed by atoms with E-state index in [1.54, 1.807) is 0 Å². The lowest BCUT2D eigenvalue weighted by molar-refractivity contribution is 0.673. The molecule has 3 heterocycles. The number of fused-ring (bicyclic) bond motifs is 12. The van der Waals surface area contributed by atoms with Gasteiger partial charge in [0.1, 0.15) is 11.2 Å². The Morgan fingerprint density at radius 3 is 2.15 bits per heavy atom. The smallest absolute Gasteiger partial charge is 0.147 e. The van der Waals surface area contributed by atoms with Crippen LogP contribution in [0.25, 0.3) is 71.2 Å². The van der Waals surface area contributed by atoms with Gasteiger partial charge in [-0.3, -0.25) is 0 Å². The normalized spacial score (nSPS) is 12.2. The highest BCUT2D eigenvalue weighted by Crippen LogP contribution is 2.47. The predicted molar refractivity (Wildman–Crippen MR) is 137 cm³/mol. The zero-order valence-electron chi connectivity index (χ0n) is 17.7. The minimum absolute atomic E-state index is 0.913. The minimum Gasteiger partial charge on any atom is -0.455 e. The van der Waals surface area contributed by atoms with E-state index in [2.05, 4.69) is 107 Å². The number of nitrogens with one attached hydrogen (secondary N) is 1. The topological polar surface area (TPSA) is 33.9 Å². The summed E-state index contributed by atoms with van der Waals surface area (Å²) in [6.07, 6.45) is 0. The van der Waals surface area contributed by atoms with E-state index < -0.39 is 0 Å². The number of nitrogens with zero attached hydrogens (tertiary/aromatic N) is 1. The van der Waals surface area contributed by atoms with E-state index in [4.69, 9.17) is 4.42 Å². The Kier molecular flexibility index (Phi) is 3.14. The molecule has 33 heavy (non-hydrogen) atoms. The molecule has 0 amide bonds. The molecule has 0 spiro atoms. The van der Waals surface area contributed by atoms with Crippen molar-refractivity contribution in [3.8, 4) is 5.69 Å². The summed E-state index contributed by atoms with van der Waals surface area (Å²) in [6.45, 7) is 0. The predicted octanol–water partition coefficient (Wildman–Crippen LogP) is 8.32. The molecule has 0 aliphatic carbocycles. The van der Waals surface area contributed by atoms with Crippen molar-refractivity contribution in [2.45, 2.75) is 0 Å². The molecule has 8 aromatic rings. The van der Waals surface area contributed by atoms with Crippen LogP contribution >= 0.6 is 0 Å². The van der Waals surface area contributed by atoms with Crippen molar-refractivity contribution >= 4 is 65.6 Å². The van der Waals surface area contributed by atoms with Gasteiger partial charge in [0.05, 0.1) is 27.3 Å². The molecule has 1 N–H and O–H groups in total. The number of benzene rings is 5. The second-order valence-electron chi connectivity index (χ2n) is 8.63. The van der Waals surface area contributed by atoms with Crippen LogP contribution in [0.3, 0.4) is 0 Å². The number of aromatic nitrogens is 2. The molecule has 3 aromatic heterocycles. The Bertz CT molecular complexity index is 1990. The van der Waals surface area contributed by atoms with Gasteiger partial charge in [-0.2, -0.15) is 0 Å². The molecule has 0 bridgehead atoms. The van der Waals surface area contributed by atoms with Gasteiger partial charge in [-0.15, -0.1) is 0 Å². The van der Waals surface area contributed by atoms with Gasteiger partial charge in [0.25, 0.3) is 0 Å². The SMILES string of the molecule is c1ccc(-n2c3ccccc3c3c4[nH]c5ccccc5c4c4oc5ccccc5c4c32)cc1. The monoisotopic (exact) mass is 422 g/mol. The van der Waals surface area contributed by atoms with Gasteiger partial charge in [-0.25, -0.2) is 0 Å². The highest BCUT2D eigenvalue weighted by molar-refractivity contribution is 6.38. The second kappa shape index (κ2) is 6.05. The molecule has 0 aliphatic heterocycles. The van der Waals surface area contributed by atoms with Gasteiger partial charge in [0.15, 0.2) is 0 Å². The van der Waals surface area contributed by atoms with Crippen molar-refractivity contribution in [3.63, 3.8) is 0 Å². The fourth-order valence-corrected chi connectivity index (χ4v) is 5.60. The third-order valence-corrected chi connectivity index (χ3v) is 6.90. The van der Waals surface area contributed by atoms with E-state index in [-0.39, 0.29) is 0 Å². The third kappa shape index (κ3) is 2.09. The standard InChI is InChI=1S/C30H18N2O/c1-2-10-18(11-3-1)32-23-16-8-5-13-20(23)25-28-26(19-12-4-7-15-22(19)31-28)30-27(29(25)32)21-14-6-9-17-24(21)33-30/h1-17,31H. The number of para-hydroxylation sites is 4. The van der Waals surface area contributed by atoms with Crippen LogP contribution in [0, 0.1) is 0 Å². The minimum atomic E-state index is 0.913. The summed E-state index contributed by atoms with van der Waals surface area (Å²) in [5.41, 5.74) is 7.62. The maximum Gasteiger partial charge on any atom is 0.147 e. The molecule has 0 unspecified atom stereocenters. The first-order chi connectivity index (χ1) is 16.4. The van der Waals surface area contributed by atoms with Crippen molar-refractivity contribution in [1.82, 2.24) is 9.55 Å². The molecule has 8 rings (SSSR count). The largest absolute Gasteiger partial charge is 0.455 e. The Hall–Kier alpha value is -4.50. The van der Waals surface area contributed by atoms with E-state index >= 15 is 0 Å². The van der Waals surface area contributed by atoms with Gasteiger partial charge in [-0.05, 0) is 30.3 Å². The molecule has 5 aromatic carbocycles. The summed E-state index contributed by atoms with van der Waals surface area (Å²) in [4.78, 5) is 3.74. The summed E-state index contributed by atoms with van der Waals surface area (Å²) in [7, 11) is 0. The highest BCUT2D eigenvalue weighted by Gasteiger charge is 2.24. The van der Waals surface area contributed by atoms with Crippen LogP contribution in [0.1, 0.15) is 0 Å². The van der Waals surface area contributed by atoms with Crippen LogP contribution in [0.5, 0.6) is 0 Å². The fraction of sp³-hybridized carbons (Fsp3) is 0. The molecular formula is C30H18N2O. The van der Waals surface area contributed by atoms with Crippen LogP contribution < -0.4 is 0 Å². The Morgan fingerprint density at radius 2 is 1.27 bits per heavy atom. The maximum absolute atomic E-state index is 6.59. The summed E-state index contributed by atoms with van der Waals surface area (Å²) < 4.78 is 8.98.